The minimum Gasteiger partial charge on any atom is -0.380 e. The molecule has 2 aliphatic heterocycles. The van der Waals surface area contributed by atoms with Gasteiger partial charge in [-0.1, -0.05) is 12.2 Å². The SMILES string of the molecule is C1=C2COCC2=CC2COCC12. The molecule has 2 fully saturated rings. The largest absolute Gasteiger partial charge is 0.380 e. The van der Waals surface area contributed by atoms with E-state index in [0.29, 0.717) is 11.8 Å². The first-order valence-electron chi connectivity index (χ1n) is 4.51. The molecule has 2 saturated heterocycles. The highest BCUT2D eigenvalue weighted by molar-refractivity contribution is 5.39. The molecule has 12 heavy (non-hydrogen) atoms. The van der Waals surface area contributed by atoms with E-state index in [1.54, 1.807) is 0 Å². The fraction of sp³-hybridized carbons (Fsp3) is 0.600. The summed E-state index contributed by atoms with van der Waals surface area (Å²) in [6.07, 6.45) is 4.69. The van der Waals surface area contributed by atoms with Gasteiger partial charge < -0.3 is 9.47 Å². The van der Waals surface area contributed by atoms with Crippen LogP contribution >= 0.6 is 0 Å². The molecule has 2 nitrogen and oxygen atoms in total. The first-order valence-corrected chi connectivity index (χ1v) is 4.51. The summed E-state index contributed by atoms with van der Waals surface area (Å²) in [5, 5.41) is 0. The lowest BCUT2D eigenvalue weighted by Gasteiger charge is -2.17. The fourth-order valence-electron chi connectivity index (χ4n) is 2.21. The van der Waals surface area contributed by atoms with Gasteiger partial charge in [0.2, 0.25) is 0 Å². The summed E-state index contributed by atoms with van der Waals surface area (Å²) in [7, 11) is 0. The molecule has 0 aromatic heterocycles. The molecule has 1 aliphatic carbocycles. The molecule has 0 amide bonds. The van der Waals surface area contributed by atoms with Crippen molar-refractivity contribution in [3.8, 4) is 0 Å². The molecule has 0 N–H and O–H groups in total. The van der Waals surface area contributed by atoms with Gasteiger partial charge in [-0.3, -0.25) is 0 Å². The topological polar surface area (TPSA) is 18.5 Å². The molecule has 2 heteroatoms. The van der Waals surface area contributed by atoms with Crippen molar-refractivity contribution < 1.29 is 9.47 Å². The van der Waals surface area contributed by atoms with Crippen molar-refractivity contribution in [3.05, 3.63) is 23.3 Å². The molecule has 3 rings (SSSR count). The van der Waals surface area contributed by atoms with Gasteiger partial charge in [-0.15, -0.1) is 0 Å². The molecule has 0 spiro atoms. The van der Waals surface area contributed by atoms with Crippen LogP contribution in [0.4, 0.5) is 0 Å². The Morgan fingerprint density at radius 1 is 0.917 bits per heavy atom. The lowest BCUT2D eigenvalue weighted by molar-refractivity contribution is 0.186. The summed E-state index contributed by atoms with van der Waals surface area (Å²) < 4.78 is 10.8. The van der Waals surface area contributed by atoms with E-state index in [9.17, 15) is 0 Å². The van der Waals surface area contributed by atoms with Crippen LogP contribution in [0.1, 0.15) is 0 Å². The number of hydrogen-bond donors (Lipinski definition) is 0. The number of rotatable bonds is 0. The smallest absolute Gasteiger partial charge is 0.0721 e. The summed E-state index contributed by atoms with van der Waals surface area (Å²) >= 11 is 0. The molecule has 0 saturated carbocycles. The number of fused-ring (bicyclic) bond motifs is 2. The van der Waals surface area contributed by atoms with Crippen molar-refractivity contribution in [2.75, 3.05) is 26.4 Å². The Bertz CT molecular complexity index is 239. The van der Waals surface area contributed by atoms with E-state index < -0.39 is 0 Å². The lowest BCUT2D eigenvalue weighted by Crippen LogP contribution is -2.13. The van der Waals surface area contributed by atoms with Gasteiger partial charge in [0, 0.05) is 11.8 Å². The summed E-state index contributed by atoms with van der Waals surface area (Å²) in [5.74, 6) is 1.26. The Kier molecular flexibility index (Phi) is 1.40. The number of ether oxygens (including phenoxy) is 2. The van der Waals surface area contributed by atoms with Crippen LogP contribution < -0.4 is 0 Å². The van der Waals surface area contributed by atoms with E-state index in [4.69, 9.17) is 9.47 Å². The molecular formula is C10H12O2. The van der Waals surface area contributed by atoms with E-state index in [1.807, 2.05) is 0 Å². The van der Waals surface area contributed by atoms with E-state index >= 15 is 0 Å². The zero-order valence-corrected chi connectivity index (χ0v) is 6.95. The van der Waals surface area contributed by atoms with Crippen LogP contribution in [0.3, 0.4) is 0 Å². The Morgan fingerprint density at radius 2 is 1.50 bits per heavy atom. The maximum absolute atomic E-state index is 5.43. The number of hydrogen-bond acceptors (Lipinski definition) is 2. The minimum absolute atomic E-state index is 0.630. The molecule has 2 unspecified atom stereocenters. The molecule has 0 aromatic carbocycles. The third kappa shape index (κ3) is 0.883. The van der Waals surface area contributed by atoms with Crippen molar-refractivity contribution in [1.29, 1.82) is 0 Å². The van der Waals surface area contributed by atoms with Gasteiger partial charge in [-0.2, -0.15) is 0 Å². The summed E-state index contributed by atoms with van der Waals surface area (Å²) in [6, 6.07) is 0. The summed E-state index contributed by atoms with van der Waals surface area (Å²) in [5.41, 5.74) is 2.81. The van der Waals surface area contributed by atoms with Crippen molar-refractivity contribution in [1.82, 2.24) is 0 Å². The van der Waals surface area contributed by atoms with Crippen LogP contribution in [0.25, 0.3) is 0 Å². The first kappa shape index (κ1) is 6.87. The highest BCUT2D eigenvalue weighted by Gasteiger charge is 2.31. The average molecular weight is 164 g/mol. The van der Waals surface area contributed by atoms with E-state index in [2.05, 4.69) is 12.2 Å². The van der Waals surface area contributed by atoms with Crippen LogP contribution in [0.2, 0.25) is 0 Å². The standard InChI is InChI=1S/C10H12O2/c1-7-3-11-5-9(7)2-10-6-12-4-8(1)10/h1-2,7,9H,3-6H2. The van der Waals surface area contributed by atoms with Crippen LogP contribution in [-0.2, 0) is 9.47 Å². The Labute approximate surface area is 71.9 Å². The van der Waals surface area contributed by atoms with Crippen LogP contribution in [0, 0.1) is 11.8 Å². The summed E-state index contributed by atoms with van der Waals surface area (Å²) in [4.78, 5) is 0. The molecule has 64 valence electrons. The van der Waals surface area contributed by atoms with Crippen molar-refractivity contribution >= 4 is 0 Å². The van der Waals surface area contributed by atoms with Crippen molar-refractivity contribution in [2.45, 2.75) is 0 Å². The van der Waals surface area contributed by atoms with E-state index in [-0.39, 0.29) is 0 Å². The minimum atomic E-state index is 0.630. The quantitative estimate of drug-likeness (QED) is 0.534. The third-order valence-corrected chi connectivity index (χ3v) is 2.93. The molecule has 0 bridgehead atoms. The Morgan fingerprint density at radius 3 is 2.08 bits per heavy atom. The Balaban J connectivity index is 1.97. The molecule has 0 aromatic rings. The summed E-state index contributed by atoms with van der Waals surface area (Å²) in [6.45, 7) is 3.43. The van der Waals surface area contributed by atoms with Gasteiger partial charge in [0.05, 0.1) is 26.4 Å². The highest BCUT2D eigenvalue weighted by Crippen LogP contribution is 2.34. The average Bonchev–Trinajstić information content (AvgIpc) is 2.64. The van der Waals surface area contributed by atoms with Gasteiger partial charge >= 0.3 is 0 Å². The van der Waals surface area contributed by atoms with Crippen molar-refractivity contribution in [3.63, 3.8) is 0 Å². The van der Waals surface area contributed by atoms with Crippen LogP contribution in [0.5, 0.6) is 0 Å². The predicted octanol–water partition coefficient (Wildman–Crippen LogP) is 1.15. The second-order valence-electron chi connectivity index (χ2n) is 3.74. The predicted molar refractivity (Wildman–Crippen MR) is 44.8 cm³/mol. The molecule has 2 heterocycles. The van der Waals surface area contributed by atoms with Gasteiger partial charge in [0.15, 0.2) is 0 Å². The second-order valence-corrected chi connectivity index (χ2v) is 3.74. The second kappa shape index (κ2) is 2.44. The van der Waals surface area contributed by atoms with Gasteiger partial charge in [0.25, 0.3) is 0 Å². The fourth-order valence-corrected chi connectivity index (χ4v) is 2.21. The maximum atomic E-state index is 5.43. The Hall–Kier alpha value is -0.600. The van der Waals surface area contributed by atoms with Crippen LogP contribution in [-0.4, -0.2) is 26.4 Å². The third-order valence-electron chi connectivity index (χ3n) is 2.93. The molecular weight excluding hydrogens is 152 g/mol. The maximum Gasteiger partial charge on any atom is 0.0721 e. The zero-order chi connectivity index (χ0) is 7.97. The van der Waals surface area contributed by atoms with Gasteiger partial charge in [-0.05, 0) is 11.1 Å². The van der Waals surface area contributed by atoms with Crippen molar-refractivity contribution in [2.24, 2.45) is 11.8 Å². The normalized spacial score (nSPS) is 38.7. The monoisotopic (exact) mass is 164 g/mol. The molecule has 3 aliphatic rings. The van der Waals surface area contributed by atoms with Gasteiger partial charge in [-0.25, -0.2) is 0 Å². The van der Waals surface area contributed by atoms with E-state index in [1.165, 1.54) is 11.1 Å². The lowest BCUT2D eigenvalue weighted by atomic mass is 9.85. The van der Waals surface area contributed by atoms with Gasteiger partial charge in [0.1, 0.15) is 0 Å². The van der Waals surface area contributed by atoms with Crippen LogP contribution in [0.15, 0.2) is 23.3 Å². The molecule has 2 atom stereocenters. The zero-order valence-electron chi connectivity index (χ0n) is 6.95. The molecule has 0 radical (unpaired) electrons. The highest BCUT2D eigenvalue weighted by atomic mass is 16.5. The van der Waals surface area contributed by atoms with E-state index in [0.717, 1.165) is 26.4 Å². The first-order chi connectivity index (χ1) is 5.93.